The summed E-state index contributed by atoms with van der Waals surface area (Å²) in [5.41, 5.74) is 1.04. The van der Waals surface area contributed by atoms with Gasteiger partial charge in [-0.3, -0.25) is 0 Å². The van der Waals surface area contributed by atoms with Crippen LogP contribution in [-0.4, -0.2) is 28.7 Å². The minimum absolute atomic E-state index is 0.529. The number of nitrogens with zero attached hydrogens (tertiary/aromatic N) is 3. The number of hydrogen-bond acceptors (Lipinski definition) is 6. The lowest BCUT2D eigenvalue weighted by atomic mass is 10.2. The molecule has 6 heteroatoms. The van der Waals surface area contributed by atoms with E-state index < -0.39 is 0 Å². The van der Waals surface area contributed by atoms with E-state index in [1.54, 1.807) is 25.6 Å². The predicted octanol–water partition coefficient (Wildman–Crippen LogP) is 1.89. The molecule has 0 saturated heterocycles. The van der Waals surface area contributed by atoms with Gasteiger partial charge in [0.2, 0.25) is 17.7 Å². The zero-order chi connectivity index (χ0) is 13.5. The van der Waals surface area contributed by atoms with Crippen LogP contribution in [-0.2, 0) is 6.54 Å². The van der Waals surface area contributed by atoms with Crippen LogP contribution in [0, 0.1) is 0 Å². The van der Waals surface area contributed by atoms with Gasteiger partial charge in [0.1, 0.15) is 0 Å². The Balaban J connectivity index is 1.99. The Morgan fingerprint density at radius 2 is 2.00 bits per heavy atom. The quantitative estimate of drug-likeness (QED) is 0.855. The highest BCUT2D eigenvalue weighted by atomic mass is 16.5. The first-order valence-corrected chi connectivity index (χ1v) is 6.00. The zero-order valence-electron chi connectivity index (χ0n) is 11.0. The highest BCUT2D eigenvalue weighted by molar-refractivity contribution is 5.30. The lowest BCUT2D eigenvalue weighted by Crippen LogP contribution is -2.05. The normalized spacial score (nSPS) is 10.0. The average molecular weight is 260 g/mol. The maximum Gasteiger partial charge on any atom is 0.226 e. The van der Waals surface area contributed by atoms with Gasteiger partial charge in [0.25, 0.3) is 0 Å². The van der Waals surface area contributed by atoms with Crippen molar-refractivity contribution >= 4 is 5.95 Å². The number of rotatable bonds is 6. The van der Waals surface area contributed by atoms with Crippen LogP contribution in [0.4, 0.5) is 5.95 Å². The number of anilines is 1. The third-order valence-electron chi connectivity index (χ3n) is 2.38. The standard InChI is InChI=1S/C13H16N4O2/c1-3-19-11-5-7-15-13(17-11)16-9-10-4-6-14-12(8-10)18-2/h4-8H,3,9H2,1-2H3,(H,15,16,17). The Morgan fingerprint density at radius 3 is 2.79 bits per heavy atom. The van der Waals surface area contributed by atoms with Crippen molar-refractivity contribution in [1.82, 2.24) is 15.0 Å². The number of nitrogens with one attached hydrogen (secondary N) is 1. The van der Waals surface area contributed by atoms with Crippen molar-refractivity contribution in [3.63, 3.8) is 0 Å². The van der Waals surface area contributed by atoms with Crippen molar-refractivity contribution in [3.05, 3.63) is 36.2 Å². The summed E-state index contributed by atoms with van der Waals surface area (Å²) in [5, 5.41) is 3.13. The van der Waals surface area contributed by atoms with Crippen molar-refractivity contribution in [3.8, 4) is 11.8 Å². The molecule has 0 unspecified atom stereocenters. The maximum absolute atomic E-state index is 5.31. The van der Waals surface area contributed by atoms with E-state index in [9.17, 15) is 0 Å². The fourth-order valence-corrected chi connectivity index (χ4v) is 1.51. The van der Waals surface area contributed by atoms with Crippen molar-refractivity contribution in [2.75, 3.05) is 19.0 Å². The van der Waals surface area contributed by atoms with E-state index in [1.165, 1.54) is 0 Å². The molecule has 0 amide bonds. The lowest BCUT2D eigenvalue weighted by Gasteiger charge is -2.07. The summed E-state index contributed by atoms with van der Waals surface area (Å²) in [4.78, 5) is 12.4. The molecule has 2 heterocycles. The number of methoxy groups -OCH3 is 1. The molecule has 0 aliphatic rings. The monoisotopic (exact) mass is 260 g/mol. The molecule has 0 bridgehead atoms. The van der Waals surface area contributed by atoms with Crippen molar-refractivity contribution in [1.29, 1.82) is 0 Å². The van der Waals surface area contributed by atoms with Gasteiger partial charge in [0.05, 0.1) is 13.7 Å². The van der Waals surface area contributed by atoms with Gasteiger partial charge in [-0.25, -0.2) is 9.97 Å². The first-order valence-electron chi connectivity index (χ1n) is 6.00. The highest BCUT2D eigenvalue weighted by Crippen LogP contribution is 2.12. The van der Waals surface area contributed by atoms with E-state index in [1.807, 2.05) is 19.1 Å². The van der Waals surface area contributed by atoms with E-state index >= 15 is 0 Å². The Morgan fingerprint density at radius 1 is 1.16 bits per heavy atom. The van der Waals surface area contributed by atoms with Crippen molar-refractivity contribution in [2.24, 2.45) is 0 Å². The third-order valence-corrected chi connectivity index (χ3v) is 2.38. The SMILES string of the molecule is CCOc1ccnc(NCc2ccnc(OC)c2)n1. The van der Waals surface area contributed by atoms with E-state index in [0.29, 0.717) is 30.9 Å². The summed E-state index contributed by atoms with van der Waals surface area (Å²) in [7, 11) is 1.59. The summed E-state index contributed by atoms with van der Waals surface area (Å²) < 4.78 is 10.4. The minimum Gasteiger partial charge on any atom is -0.481 e. The molecule has 2 rings (SSSR count). The van der Waals surface area contributed by atoms with E-state index in [0.717, 1.165) is 5.56 Å². The van der Waals surface area contributed by atoms with Crippen LogP contribution in [0.3, 0.4) is 0 Å². The van der Waals surface area contributed by atoms with Gasteiger partial charge >= 0.3 is 0 Å². The molecular formula is C13H16N4O2. The molecular weight excluding hydrogens is 244 g/mol. The summed E-state index contributed by atoms with van der Waals surface area (Å²) in [6.45, 7) is 3.09. The molecule has 0 saturated carbocycles. The molecule has 100 valence electrons. The fourth-order valence-electron chi connectivity index (χ4n) is 1.51. The fraction of sp³-hybridized carbons (Fsp3) is 0.308. The second kappa shape index (κ2) is 6.53. The van der Waals surface area contributed by atoms with E-state index in [4.69, 9.17) is 9.47 Å². The summed E-state index contributed by atoms with van der Waals surface area (Å²) >= 11 is 0. The summed E-state index contributed by atoms with van der Waals surface area (Å²) in [6.07, 6.45) is 3.36. The van der Waals surface area contributed by atoms with E-state index in [-0.39, 0.29) is 0 Å². The van der Waals surface area contributed by atoms with Crippen LogP contribution < -0.4 is 14.8 Å². The molecule has 6 nitrogen and oxygen atoms in total. The molecule has 0 atom stereocenters. The molecule has 19 heavy (non-hydrogen) atoms. The lowest BCUT2D eigenvalue weighted by molar-refractivity contribution is 0.326. The summed E-state index contributed by atoms with van der Waals surface area (Å²) in [6, 6.07) is 5.49. The van der Waals surface area contributed by atoms with E-state index in [2.05, 4.69) is 20.3 Å². The van der Waals surface area contributed by atoms with Crippen LogP contribution >= 0.6 is 0 Å². The smallest absolute Gasteiger partial charge is 0.226 e. The Labute approximate surface area is 111 Å². The van der Waals surface area contributed by atoms with Crippen LogP contribution in [0.1, 0.15) is 12.5 Å². The van der Waals surface area contributed by atoms with Gasteiger partial charge in [-0.1, -0.05) is 0 Å². The Kier molecular flexibility index (Phi) is 4.49. The zero-order valence-corrected chi connectivity index (χ0v) is 11.0. The van der Waals surface area contributed by atoms with Gasteiger partial charge in [-0.05, 0) is 18.6 Å². The van der Waals surface area contributed by atoms with Crippen LogP contribution in [0.2, 0.25) is 0 Å². The molecule has 1 N–H and O–H groups in total. The first-order chi connectivity index (χ1) is 9.31. The molecule has 0 aliphatic heterocycles. The number of pyridine rings is 1. The van der Waals surface area contributed by atoms with Crippen LogP contribution in [0.5, 0.6) is 11.8 Å². The third kappa shape index (κ3) is 3.80. The van der Waals surface area contributed by atoms with Gasteiger partial charge in [0.15, 0.2) is 0 Å². The Hall–Kier alpha value is -2.37. The molecule has 0 radical (unpaired) electrons. The van der Waals surface area contributed by atoms with Gasteiger partial charge in [0, 0.05) is 31.1 Å². The predicted molar refractivity (Wildman–Crippen MR) is 71.3 cm³/mol. The van der Waals surface area contributed by atoms with Crippen LogP contribution in [0.15, 0.2) is 30.6 Å². The number of ether oxygens (including phenoxy) is 2. The Bertz CT molecular complexity index is 534. The molecule has 0 aliphatic carbocycles. The average Bonchev–Trinajstić information content (AvgIpc) is 2.46. The first kappa shape index (κ1) is 13.1. The largest absolute Gasteiger partial charge is 0.481 e. The van der Waals surface area contributed by atoms with Gasteiger partial charge in [-0.2, -0.15) is 4.98 Å². The molecule has 0 fully saturated rings. The molecule has 2 aromatic heterocycles. The second-order valence-electron chi connectivity index (χ2n) is 3.71. The van der Waals surface area contributed by atoms with Crippen molar-refractivity contribution < 1.29 is 9.47 Å². The minimum atomic E-state index is 0.529. The molecule has 0 aromatic carbocycles. The van der Waals surface area contributed by atoms with Gasteiger partial charge in [-0.15, -0.1) is 0 Å². The topological polar surface area (TPSA) is 69.2 Å². The number of aromatic nitrogens is 3. The highest BCUT2D eigenvalue weighted by Gasteiger charge is 2.01. The molecule has 2 aromatic rings. The number of hydrogen-bond donors (Lipinski definition) is 1. The van der Waals surface area contributed by atoms with Crippen LogP contribution in [0.25, 0.3) is 0 Å². The second-order valence-corrected chi connectivity index (χ2v) is 3.71. The summed E-state index contributed by atoms with van der Waals surface area (Å²) in [5.74, 6) is 1.68. The molecule has 0 spiro atoms. The van der Waals surface area contributed by atoms with Crippen molar-refractivity contribution in [2.45, 2.75) is 13.5 Å². The maximum atomic E-state index is 5.31. The van der Waals surface area contributed by atoms with Gasteiger partial charge < -0.3 is 14.8 Å².